The maximum atomic E-state index is 12.0. The molecule has 110 valence electrons. The van der Waals surface area contributed by atoms with Crippen molar-refractivity contribution in [3.8, 4) is 0 Å². The molecule has 0 unspecified atom stereocenters. The summed E-state index contributed by atoms with van der Waals surface area (Å²) in [6.07, 6.45) is 4.02. The molecule has 2 heterocycles. The summed E-state index contributed by atoms with van der Waals surface area (Å²) < 4.78 is 3.10. The van der Waals surface area contributed by atoms with Crippen LogP contribution in [0.5, 0.6) is 0 Å². The molecular weight excluding hydrogens is 280 g/mol. The van der Waals surface area contributed by atoms with Gasteiger partial charge in [0.15, 0.2) is 5.78 Å². The number of carbonyl (C=O) groups excluding carboxylic acids is 1. The SMILES string of the molecule is Cn1ccc(C(=O)Cn2c(=O)c([N+](=O)[O-])cn(C)c2=O)c1. The summed E-state index contributed by atoms with van der Waals surface area (Å²) in [5.41, 5.74) is -2.31. The second-order valence-electron chi connectivity index (χ2n) is 4.55. The summed E-state index contributed by atoms with van der Waals surface area (Å²) >= 11 is 0. The van der Waals surface area contributed by atoms with E-state index in [1.54, 1.807) is 17.8 Å². The van der Waals surface area contributed by atoms with Crippen molar-refractivity contribution in [3.63, 3.8) is 0 Å². The van der Waals surface area contributed by atoms with Gasteiger partial charge in [0, 0.05) is 32.1 Å². The summed E-state index contributed by atoms with van der Waals surface area (Å²) in [4.78, 5) is 45.7. The fraction of sp³-hybridized carbons (Fsp3) is 0.250. The van der Waals surface area contributed by atoms with Gasteiger partial charge in [-0.15, -0.1) is 0 Å². The number of nitro groups is 1. The molecule has 0 saturated carbocycles. The molecule has 0 fully saturated rings. The minimum atomic E-state index is -1.09. The zero-order chi connectivity index (χ0) is 15.7. The van der Waals surface area contributed by atoms with Crippen LogP contribution in [0.25, 0.3) is 0 Å². The molecule has 2 aromatic rings. The van der Waals surface area contributed by atoms with E-state index in [0.717, 1.165) is 10.8 Å². The van der Waals surface area contributed by atoms with Gasteiger partial charge in [-0.3, -0.25) is 24.3 Å². The first-order valence-corrected chi connectivity index (χ1v) is 5.91. The van der Waals surface area contributed by atoms with Crippen LogP contribution in [0.2, 0.25) is 0 Å². The molecular formula is C12H12N4O5. The normalized spacial score (nSPS) is 10.6. The van der Waals surface area contributed by atoms with Crippen molar-refractivity contribution in [1.29, 1.82) is 0 Å². The fourth-order valence-corrected chi connectivity index (χ4v) is 1.88. The Bertz CT molecular complexity index is 842. The predicted molar refractivity (Wildman–Crippen MR) is 72.3 cm³/mol. The summed E-state index contributed by atoms with van der Waals surface area (Å²) in [5.74, 6) is -0.477. The minimum Gasteiger partial charge on any atom is -0.357 e. The van der Waals surface area contributed by atoms with Crippen molar-refractivity contribution in [3.05, 3.63) is 61.2 Å². The van der Waals surface area contributed by atoms with E-state index in [4.69, 9.17) is 0 Å². The Morgan fingerprint density at radius 3 is 2.48 bits per heavy atom. The van der Waals surface area contributed by atoms with Crippen molar-refractivity contribution in [2.75, 3.05) is 0 Å². The molecule has 0 bridgehead atoms. The summed E-state index contributed by atoms with van der Waals surface area (Å²) in [6.45, 7) is -0.544. The molecule has 9 heteroatoms. The van der Waals surface area contributed by atoms with Crippen LogP contribution in [0.1, 0.15) is 10.4 Å². The highest BCUT2D eigenvalue weighted by Crippen LogP contribution is 2.03. The first kappa shape index (κ1) is 14.4. The lowest BCUT2D eigenvalue weighted by Crippen LogP contribution is -2.41. The Morgan fingerprint density at radius 2 is 1.95 bits per heavy atom. The predicted octanol–water partition coefficient (Wildman–Crippen LogP) is -0.323. The van der Waals surface area contributed by atoms with E-state index in [1.165, 1.54) is 19.3 Å². The monoisotopic (exact) mass is 292 g/mol. The zero-order valence-electron chi connectivity index (χ0n) is 11.3. The fourth-order valence-electron chi connectivity index (χ4n) is 1.88. The van der Waals surface area contributed by atoms with Crippen molar-refractivity contribution in [1.82, 2.24) is 13.7 Å². The van der Waals surface area contributed by atoms with Crippen LogP contribution in [-0.4, -0.2) is 24.4 Å². The number of ketones is 1. The molecule has 0 aliphatic carbocycles. The average molecular weight is 292 g/mol. The number of hydrogen-bond acceptors (Lipinski definition) is 5. The quantitative estimate of drug-likeness (QED) is 0.435. The van der Waals surface area contributed by atoms with Gasteiger partial charge in [0.2, 0.25) is 0 Å². The van der Waals surface area contributed by atoms with Gasteiger partial charge in [-0.1, -0.05) is 0 Å². The van der Waals surface area contributed by atoms with Crippen LogP contribution in [0.3, 0.4) is 0 Å². The molecule has 0 N–H and O–H groups in total. The van der Waals surface area contributed by atoms with Crippen LogP contribution >= 0.6 is 0 Å². The van der Waals surface area contributed by atoms with E-state index in [9.17, 15) is 24.5 Å². The Kier molecular flexibility index (Phi) is 3.57. The summed E-state index contributed by atoms with van der Waals surface area (Å²) in [6, 6.07) is 1.54. The van der Waals surface area contributed by atoms with E-state index in [2.05, 4.69) is 0 Å². The third-order valence-electron chi connectivity index (χ3n) is 2.97. The average Bonchev–Trinajstić information content (AvgIpc) is 2.85. The number of hydrogen-bond donors (Lipinski definition) is 0. The topological polar surface area (TPSA) is 109 Å². The highest BCUT2D eigenvalue weighted by atomic mass is 16.6. The molecule has 21 heavy (non-hydrogen) atoms. The first-order chi connectivity index (χ1) is 9.81. The van der Waals surface area contributed by atoms with Gasteiger partial charge >= 0.3 is 16.9 Å². The second kappa shape index (κ2) is 5.19. The third kappa shape index (κ3) is 2.66. The lowest BCUT2D eigenvalue weighted by atomic mass is 10.2. The van der Waals surface area contributed by atoms with Gasteiger partial charge in [0.05, 0.1) is 17.7 Å². The molecule has 0 amide bonds. The van der Waals surface area contributed by atoms with E-state index < -0.39 is 34.2 Å². The van der Waals surface area contributed by atoms with Crippen LogP contribution in [0.15, 0.2) is 34.2 Å². The lowest BCUT2D eigenvalue weighted by Gasteiger charge is -2.05. The van der Waals surface area contributed by atoms with Crippen molar-refractivity contribution in [2.45, 2.75) is 6.54 Å². The molecule has 0 saturated heterocycles. The van der Waals surface area contributed by atoms with Gasteiger partial charge in [-0.05, 0) is 6.07 Å². The van der Waals surface area contributed by atoms with Gasteiger partial charge in [0.25, 0.3) is 0 Å². The number of Topliss-reactive ketones (excluding diaryl/α,β-unsaturated/α-hetero) is 1. The van der Waals surface area contributed by atoms with Crippen LogP contribution in [0, 0.1) is 10.1 Å². The largest absolute Gasteiger partial charge is 0.357 e. The number of aryl methyl sites for hydroxylation is 2. The van der Waals surface area contributed by atoms with Crippen LogP contribution < -0.4 is 11.2 Å². The minimum absolute atomic E-state index is 0.318. The maximum Gasteiger partial charge on any atom is 0.350 e. The van der Waals surface area contributed by atoms with Crippen molar-refractivity contribution in [2.24, 2.45) is 14.1 Å². The van der Waals surface area contributed by atoms with E-state index >= 15 is 0 Å². The number of aromatic nitrogens is 3. The molecule has 0 aliphatic rings. The highest BCUT2D eigenvalue weighted by Gasteiger charge is 2.20. The molecule has 2 rings (SSSR count). The van der Waals surface area contributed by atoms with Gasteiger partial charge < -0.3 is 4.57 Å². The Morgan fingerprint density at radius 1 is 1.29 bits per heavy atom. The lowest BCUT2D eigenvalue weighted by molar-refractivity contribution is -0.387. The molecule has 0 aliphatic heterocycles. The molecule has 0 radical (unpaired) electrons. The highest BCUT2D eigenvalue weighted by molar-refractivity contribution is 5.95. The summed E-state index contributed by atoms with van der Waals surface area (Å²) in [7, 11) is 2.99. The van der Waals surface area contributed by atoms with Gasteiger partial charge in [0.1, 0.15) is 0 Å². The maximum absolute atomic E-state index is 12.0. The number of rotatable bonds is 4. The molecule has 2 aromatic heterocycles. The molecule has 0 aromatic carbocycles. The number of carbonyl (C=O) groups is 1. The van der Waals surface area contributed by atoms with Crippen LogP contribution in [0.4, 0.5) is 5.69 Å². The molecule has 0 spiro atoms. The van der Waals surface area contributed by atoms with Crippen LogP contribution in [-0.2, 0) is 20.6 Å². The van der Waals surface area contributed by atoms with E-state index in [0.29, 0.717) is 10.1 Å². The van der Waals surface area contributed by atoms with Gasteiger partial charge in [-0.25, -0.2) is 9.36 Å². The smallest absolute Gasteiger partial charge is 0.350 e. The zero-order valence-corrected chi connectivity index (χ0v) is 11.3. The van der Waals surface area contributed by atoms with E-state index in [1.807, 2.05) is 0 Å². The molecule has 0 atom stereocenters. The van der Waals surface area contributed by atoms with E-state index in [-0.39, 0.29) is 0 Å². The standard InChI is InChI=1S/C12H12N4O5/c1-13-4-3-8(5-13)10(17)7-15-11(18)9(16(20)21)6-14(2)12(15)19/h3-6H,7H2,1-2H3. The van der Waals surface area contributed by atoms with Crippen molar-refractivity contribution >= 4 is 11.5 Å². The van der Waals surface area contributed by atoms with Gasteiger partial charge in [-0.2, -0.15) is 0 Å². The summed E-state index contributed by atoms with van der Waals surface area (Å²) in [5, 5.41) is 10.8. The Balaban J connectivity index is 2.49. The van der Waals surface area contributed by atoms with Crippen molar-refractivity contribution < 1.29 is 9.72 Å². The Hall–Kier alpha value is -2.97. The third-order valence-corrected chi connectivity index (χ3v) is 2.97. The number of nitrogens with zero attached hydrogens (tertiary/aromatic N) is 4. The first-order valence-electron chi connectivity index (χ1n) is 5.91. The molecule has 9 nitrogen and oxygen atoms in total. The second-order valence-corrected chi connectivity index (χ2v) is 4.55. The Labute approximate surface area is 117 Å².